The second-order valence-electron chi connectivity index (χ2n) is 4.48. The summed E-state index contributed by atoms with van der Waals surface area (Å²) < 4.78 is 1.83. The number of aliphatic hydroxyl groups is 1. The molecule has 1 heterocycles. The van der Waals surface area contributed by atoms with Crippen LogP contribution in [0.3, 0.4) is 0 Å². The van der Waals surface area contributed by atoms with Crippen molar-refractivity contribution < 1.29 is 5.11 Å². The van der Waals surface area contributed by atoms with Crippen molar-refractivity contribution in [3.8, 4) is 0 Å². The van der Waals surface area contributed by atoms with Gasteiger partial charge in [0.15, 0.2) is 0 Å². The summed E-state index contributed by atoms with van der Waals surface area (Å²) in [6.07, 6.45) is 1.63. The van der Waals surface area contributed by atoms with Gasteiger partial charge in [0.1, 0.15) is 11.0 Å². The Balaban J connectivity index is 2.42. The van der Waals surface area contributed by atoms with Gasteiger partial charge >= 0.3 is 0 Å². The van der Waals surface area contributed by atoms with Crippen molar-refractivity contribution >= 4 is 11.6 Å². The van der Waals surface area contributed by atoms with Crippen molar-refractivity contribution in [2.24, 2.45) is 12.5 Å². The van der Waals surface area contributed by atoms with Crippen LogP contribution in [-0.4, -0.2) is 27.8 Å². The fourth-order valence-corrected chi connectivity index (χ4v) is 1.30. The smallest absolute Gasteiger partial charge is 0.128 e. The third-order valence-electron chi connectivity index (χ3n) is 2.34. The lowest BCUT2D eigenvalue weighted by molar-refractivity contribution is 0.156. The highest BCUT2D eigenvalue weighted by Gasteiger charge is 2.15. The first kappa shape index (κ1) is 12.5. The summed E-state index contributed by atoms with van der Waals surface area (Å²) in [5, 5.41) is 12.9. The number of aromatic nitrogens is 2. The SMILES string of the molecule is Cn1c(Cl)cnc1CNCC(C)(C)CO. The molecule has 0 aliphatic rings. The van der Waals surface area contributed by atoms with Crippen LogP contribution in [-0.2, 0) is 13.6 Å². The lowest BCUT2D eigenvalue weighted by Gasteiger charge is -2.21. The minimum Gasteiger partial charge on any atom is -0.396 e. The van der Waals surface area contributed by atoms with Crippen LogP contribution in [0.2, 0.25) is 5.15 Å². The quantitative estimate of drug-likeness (QED) is 0.800. The molecule has 0 amide bonds. The Hall–Kier alpha value is -0.580. The Labute approximate surface area is 95.3 Å². The van der Waals surface area contributed by atoms with Crippen LogP contribution >= 0.6 is 11.6 Å². The number of rotatable bonds is 5. The summed E-state index contributed by atoms with van der Waals surface area (Å²) in [5.74, 6) is 0.897. The van der Waals surface area contributed by atoms with Crippen LogP contribution in [0.25, 0.3) is 0 Å². The first-order valence-corrected chi connectivity index (χ1v) is 5.32. The van der Waals surface area contributed by atoms with Crippen LogP contribution in [0.15, 0.2) is 6.20 Å². The van der Waals surface area contributed by atoms with Gasteiger partial charge in [-0.15, -0.1) is 0 Å². The summed E-state index contributed by atoms with van der Waals surface area (Å²) in [4.78, 5) is 4.17. The van der Waals surface area contributed by atoms with E-state index in [9.17, 15) is 0 Å². The molecule has 0 spiro atoms. The van der Waals surface area contributed by atoms with Gasteiger partial charge in [-0.1, -0.05) is 25.4 Å². The average Bonchev–Trinajstić information content (AvgIpc) is 2.49. The molecule has 0 aliphatic carbocycles. The summed E-state index contributed by atoms with van der Waals surface area (Å²) in [6.45, 7) is 5.58. The number of imidazole rings is 1. The fraction of sp³-hybridized carbons (Fsp3) is 0.700. The predicted molar refractivity (Wildman–Crippen MR) is 60.8 cm³/mol. The van der Waals surface area contributed by atoms with Crippen LogP contribution < -0.4 is 5.32 Å². The normalized spacial score (nSPS) is 12.1. The lowest BCUT2D eigenvalue weighted by Crippen LogP contribution is -2.32. The van der Waals surface area contributed by atoms with Gasteiger partial charge in [-0.2, -0.15) is 0 Å². The van der Waals surface area contributed by atoms with Crippen molar-refractivity contribution in [1.29, 1.82) is 0 Å². The van der Waals surface area contributed by atoms with E-state index in [1.165, 1.54) is 0 Å². The van der Waals surface area contributed by atoms with Crippen LogP contribution in [0.1, 0.15) is 19.7 Å². The molecular formula is C10H18ClN3O. The molecular weight excluding hydrogens is 214 g/mol. The van der Waals surface area contributed by atoms with E-state index in [-0.39, 0.29) is 12.0 Å². The average molecular weight is 232 g/mol. The Bertz CT molecular complexity index is 322. The van der Waals surface area contributed by atoms with Crippen molar-refractivity contribution in [2.75, 3.05) is 13.2 Å². The zero-order valence-corrected chi connectivity index (χ0v) is 10.2. The zero-order valence-electron chi connectivity index (χ0n) is 9.42. The minimum atomic E-state index is -0.102. The van der Waals surface area contributed by atoms with E-state index < -0.39 is 0 Å². The van der Waals surface area contributed by atoms with Gasteiger partial charge in [-0.25, -0.2) is 4.98 Å². The molecule has 0 bridgehead atoms. The van der Waals surface area contributed by atoms with E-state index in [0.717, 1.165) is 12.4 Å². The molecule has 0 unspecified atom stereocenters. The van der Waals surface area contributed by atoms with E-state index in [1.54, 1.807) is 6.20 Å². The monoisotopic (exact) mass is 231 g/mol. The molecule has 0 saturated carbocycles. The molecule has 0 atom stereocenters. The summed E-state index contributed by atoms with van der Waals surface area (Å²) in [6, 6.07) is 0. The maximum absolute atomic E-state index is 9.07. The predicted octanol–water partition coefficient (Wildman–Crippen LogP) is 1.18. The molecule has 0 aliphatic heterocycles. The molecule has 5 heteroatoms. The number of aliphatic hydroxyl groups excluding tert-OH is 1. The van der Waals surface area contributed by atoms with E-state index in [4.69, 9.17) is 16.7 Å². The third kappa shape index (κ3) is 3.48. The highest BCUT2D eigenvalue weighted by molar-refractivity contribution is 6.29. The number of hydrogen-bond acceptors (Lipinski definition) is 3. The largest absolute Gasteiger partial charge is 0.396 e. The second kappa shape index (κ2) is 4.96. The van der Waals surface area contributed by atoms with Crippen molar-refractivity contribution in [2.45, 2.75) is 20.4 Å². The van der Waals surface area contributed by atoms with Gasteiger partial charge in [0.05, 0.1) is 12.7 Å². The first-order chi connectivity index (χ1) is 6.96. The van der Waals surface area contributed by atoms with E-state index in [1.807, 2.05) is 25.5 Å². The third-order valence-corrected chi connectivity index (χ3v) is 2.69. The topological polar surface area (TPSA) is 50.1 Å². The molecule has 15 heavy (non-hydrogen) atoms. The molecule has 1 rings (SSSR count). The molecule has 4 nitrogen and oxygen atoms in total. The summed E-state index contributed by atoms with van der Waals surface area (Å²) in [7, 11) is 1.88. The number of halogens is 1. The Kier molecular flexibility index (Phi) is 4.13. The summed E-state index contributed by atoms with van der Waals surface area (Å²) in [5.41, 5.74) is -0.102. The first-order valence-electron chi connectivity index (χ1n) is 4.94. The van der Waals surface area contributed by atoms with Gasteiger partial charge in [-0.05, 0) is 0 Å². The molecule has 0 radical (unpaired) electrons. The zero-order chi connectivity index (χ0) is 11.5. The van der Waals surface area contributed by atoms with Gasteiger partial charge in [0, 0.05) is 25.6 Å². The summed E-state index contributed by atoms with van der Waals surface area (Å²) >= 11 is 5.86. The molecule has 2 N–H and O–H groups in total. The van der Waals surface area contributed by atoms with Crippen LogP contribution in [0, 0.1) is 5.41 Å². The van der Waals surface area contributed by atoms with E-state index in [0.29, 0.717) is 11.7 Å². The molecule has 1 aromatic heterocycles. The van der Waals surface area contributed by atoms with Crippen molar-refractivity contribution in [1.82, 2.24) is 14.9 Å². The molecule has 0 saturated heterocycles. The maximum atomic E-state index is 9.07. The number of nitrogens with one attached hydrogen (secondary N) is 1. The van der Waals surface area contributed by atoms with Gasteiger partial charge in [0.25, 0.3) is 0 Å². The van der Waals surface area contributed by atoms with Gasteiger partial charge < -0.3 is 15.0 Å². The second-order valence-corrected chi connectivity index (χ2v) is 4.87. The van der Waals surface area contributed by atoms with Crippen LogP contribution in [0.5, 0.6) is 0 Å². The Morgan fingerprint density at radius 2 is 2.27 bits per heavy atom. The number of hydrogen-bond donors (Lipinski definition) is 2. The lowest BCUT2D eigenvalue weighted by atomic mass is 9.95. The molecule has 0 aromatic carbocycles. The highest BCUT2D eigenvalue weighted by Crippen LogP contribution is 2.12. The highest BCUT2D eigenvalue weighted by atomic mass is 35.5. The minimum absolute atomic E-state index is 0.102. The fourth-order valence-electron chi connectivity index (χ4n) is 1.16. The van der Waals surface area contributed by atoms with E-state index >= 15 is 0 Å². The molecule has 1 aromatic rings. The molecule has 86 valence electrons. The Morgan fingerprint density at radius 3 is 2.73 bits per heavy atom. The maximum Gasteiger partial charge on any atom is 0.128 e. The van der Waals surface area contributed by atoms with Crippen LogP contribution in [0.4, 0.5) is 0 Å². The molecule has 0 fully saturated rings. The van der Waals surface area contributed by atoms with E-state index in [2.05, 4.69) is 10.3 Å². The van der Waals surface area contributed by atoms with Crippen molar-refractivity contribution in [3.63, 3.8) is 0 Å². The number of nitrogens with zero attached hydrogens (tertiary/aromatic N) is 2. The Morgan fingerprint density at radius 1 is 1.60 bits per heavy atom. The van der Waals surface area contributed by atoms with Crippen molar-refractivity contribution in [3.05, 3.63) is 17.2 Å². The standard InChI is InChI=1S/C10H18ClN3O/c1-10(2,7-15)6-12-5-9-13-4-8(11)14(9)3/h4,12,15H,5-7H2,1-3H3. The van der Waals surface area contributed by atoms with Gasteiger partial charge in [0.2, 0.25) is 0 Å². The van der Waals surface area contributed by atoms with Gasteiger partial charge in [-0.3, -0.25) is 0 Å².